The maximum Gasteiger partial charge on any atom is 0.348 e. The molecule has 1 fully saturated rings. The van der Waals surface area contributed by atoms with E-state index in [-0.39, 0.29) is 5.97 Å². The van der Waals surface area contributed by atoms with Gasteiger partial charge in [0.15, 0.2) is 0 Å². The fourth-order valence-corrected chi connectivity index (χ4v) is 5.22. The SMILES string of the molecule is COC(=O)c1sc(-c2ccccc2)cc1-c1ccncc1CCC1CCCC1. The second-order valence-corrected chi connectivity index (χ2v) is 8.49. The summed E-state index contributed by atoms with van der Waals surface area (Å²) < 4.78 is 5.08. The van der Waals surface area contributed by atoms with Crippen LogP contribution >= 0.6 is 11.3 Å². The van der Waals surface area contributed by atoms with Gasteiger partial charge in [0, 0.05) is 22.8 Å². The first-order valence-corrected chi connectivity index (χ1v) is 10.8. The van der Waals surface area contributed by atoms with E-state index in [1.165, 1.54) is 56.1 Å². The first-order valence-electron chi connectivity index (χ1n) is 9.97. The van der Waals surface area contributed by atoms with E-state index < -0.39 is 0 Å². The van der Waals surface area contributed by atoms with Crippen LogP contribution in [0.2, 0.25) is 0 Å². The van der Waals surface area contributed by atoms with Crippen LogP contribution in [0.5, 0.6) is 0 Å². The summed E-state index contributed by atoms with van der Waals surface area (Å²) in [6, 6.07) is 14.4. The second-order valence-electron chi connectivity index (χ2n) is 7.43. The van der Waals surface area contributed by atoms with Crippen LogP contribution in [-0.2, 0) is 11.2 Å². The number of pyridine rings is 1. The highest BCUT2D eigenvalue weighted by atomic mass is 32.1. The molecule has 1 aliphatic carbocycles. The minimum Gasteiger partial charge on any atom is -0.465 e. The van der Waals surface area contributed by atoms with Crippen molar-refractivity contribution in [2.24, 2.45) is 5.92 Å². The number of esters is 1. The molecule has 1 aromatic carbocycles. The van der Waals surface area contributed by atoms with Gasteiger partial charge in [-0.15, -0.1) is 11.3 Å². The van der Waals surface area contributed by atoms with E-state index in [1.807, 2.05) is 36.7 Å². The number of aryl methyl sites for hydroxylation is 1. The van der Waals surface area contributed by atoms with Crippen LogP contribution in [-0.4, -0.2) is 18.1 Å². The summed E-state index contributed by atoms with van der Waals surface area (Å²) in [6.07, 6.45) is 11.4. The lowest BCUT2D eigenvalue weighted by atomic mass is 9.94. The molecule has 0 bridgehead atoms. The molecule has 1 aliphatic rings. The number of carbonyl (C=O) groups excluding carboxylic acids is 1. The average molecular weight is 392 g/mol. The maximum atomic E-state index is 12.5. The van der Waals surface area contributed by atoms with Crippen LogP contribution in [0.4, 0.5) is 0 Å². The Balaban J connectivity index is 1.71. The fourth-order valence-electron chi connectivity index (χ4n) is 4.13. The van der Waals surface area contributed by atoms with E-state index in [9.17, 15) is 4.79 Å². The molecule has 0 atom stereocenters. The van der Waals surface area contributed by atoms with Crippen LogP contribution in [0.25, 0.3) is 21.6 Å². The number of hydrogen-bond donors (Lipinski definition) is 0. The molecule has 2 heterocycles. The highest BCUT2D eigenvalue weighted by molar-refractivity contribution is 7.17. The predicted molar refractivity (Wildman–Crippen MR) is 115 cm³/mol. The molecule has 0 aliphatic heterocycles. The molecule has 0 amide bonds. The van der Waals surface area contributed by atoms with Gasteiger partial charge in [-0.05, 0) is 47.6 Å². The molecule has 28 heavy (non-hydrogen) atoms. The third-order valence-corrected chi connectivity index (χ3v) is 6.82. The zero-order chi connectivity index (χ0) is 19.3. The number of carbonyl (C=O) groups is 1. The minimum absolute atomic E-state index is 0.277. The number of ether oxygens (including phenoxy) is 1. The summed E-state index contributed by atoms with van der Waals surface area (Å²) in [5.41, 5.74) is 4.40. The topological polar surface area (TPSA) is 39.2 Å². The van der Waals surface area contributed by atoms with Crippen molar-refractivity contribution in [1.29, 1.82) is 0 Å². The molecule has 0 unspecified atom stereocenters. The summed E-state index contributed by atoms with van der Waals surface area (Å²) in [5, 5.41) is 0. The Morgan fingerprint density at radius 3 is 2.68 bits per heavy atom. The van der Waals surface area contributed by atoms with Crippen molar-refractivity contribution in [2.75, 3.05) is 7.11 Å². The van der Waals surface area contributed by atoms with Crippen LogP contribution in [0.1, 0.15) is 47.3 Å². The summed E-state index contributed by atoms with van der Waals surface area (Å²) in [4.78, 5) is 18.6. The molecule has 0 N–H and O–H groups in total. The Labute approximate surface area is 170 Å². The molecule has 0 saturated heterocycles. The van der Waals surface area contributed by atoms with Crippen molar-refractivity contribution < 1.29 is 9.53 Å². The summed E-state index contributed by atoms with van der Waals surface area (Å²) in [6.45, 7) is 0. The zero-order valence-corrected chi connectivity index (χ0v) is 17.0. The van der Waals surface area contributed by atoms with Gasteiger partial charge in [0.05, 0.1) is 7.11 Å². The summed E-state index contributed by atoms with van der Waals surface area (Å²) in [7, 11) is 1.45. The number of thiophene rings is 1. The van der Waals surface area contributed by atoms with Gasteiger partial charge in [0.25, 0.3) is 0 Å². The maximum absolute atomic E-state index is 12.5. The molecule has 2 aromatic heterocycles. The minimum atomic E-state index is -0.277. The molecule has 144 valence electrons. The van der Waals surface area contributed by atoms with Gasteiger partial charge in [0.1, 0.15) is 4.88 Å². The Kier molecular flexibility index (Phi) is 5.87. The summed E-state index contributed by atoms with van der Waals surface area (Å²) >= 11 is 1.50. The van der Waals surface area contributed by atoms with Crippen molar-refractivity contribution in [2.45, 2.75) is 38.5 Å². The molecular weight excluding hydrogens is 366 g/mol. The highest BCUT2D eigenvalue weighted by Crippen LogP contribution is 2.39. The largest absolute Gasteiger partial charge is 0.465 e. The van der Waals surface area contributed by atoms with E-state index in [0.717, 1.165) is 33.9 Å². The smallest absolute Gasteiger partial charge is 0.348 e. The Morgan fingerprint density at radius 2 is 1.93 bits per heavy atom. The summed E-state index contributed by atoms with van der Waals surface area (Å²) in [5.74, 6) is 0.552. The quantitative estimate of drug-likeness (QED) is 0.457. The van der Waals surface area contributed by atoms with E-state index in [1.54, 1.807) is 0 Å². The van der Waals surface area contributed by atoms with Gasteiger partial charge in [-0.2, -0.15) is 0 Å². The normalized spacial score (nSPS) is 14.3. The Hall–Kier alpha value is -2.46. The van der Waals surface area contributed by atoms with Gasteiger partial charge < -0.3 is 4.74 Å². The second kappa shape index (κ2) is 8.70. The Bertz CT molecular complexity index is 942. The zero-order valence-electron chi connectivity index (χ0n) is 16.2. The van der Waals surface area contributed by atoms with Crippen molar-refractivity contribution in [1.82, 2.24) is 4.98 Å². The third kappa shape index (κ3) is 4.02. The van der Waals surface area contributed by atoms with Crippen molar-refractivity contribution in [3.05, 3.63) is 65.3 Å². The van der Waals surface area contributed by atoms with Gasteiger partial charge >= 0.3 is 5.97 Å². The van der Waals surface area contributed by atoms with Crippen LogP contribution < -0.4 is 0 Å². The number of aromatic nitrogens is 1. The number of methoxy groups -OCH3 is 1. The van der Waals surface area contributed by atoms with Crippen LogP contribution in [0.15, 0.2) is 54.9 Å². The molecule has 4 heteroatoms. The molecule has 0 spiro atoms. The standard InChI is InChI=1S/C24H25NO2S/c1-27-24(26)23-21(15-22(28-23)18-9-3-2-4-10-18)20-13-14-25-16-19(20)12-11-17-7-5-6-8-17/h2-4,9-10,13-17H,5-8,11-12H2,1H3. The van der Waals surface area contributed by atoms with E-state index in [0.29, 0.717) is 4.88 Å². The van der Waals surface area contributed by atoms with E-state index >= 15 is 0 Å². The number of hydrogen-bond acceptors (Lipinski definition) is 4. The van der Waals surface area contributed by atoms with Crippen molar-refractivity contribution in [3.8, 4) is 21.6 Å². The van der Waals surface area contributed by atoms with E-state index in [4.69, 9.17) is 4.74 Å². The van der Waals surface area contributed by atoms with Crippen LogP contribution in [0, 0.1) is 5.92 Å². The molecule has 1 saturated carbocycles. The third-order valence-electron chi connectivity index (χ3n) is 5.65. The molecular formula is C24H25NO2S. The van der Waals surface area contributed by atoms with Gasteiger partial charge in [0.2, 0.25) is 0 Å². The lowest BCUT2D eigenvalue weighted by Gasteiger charge is -2.12. The van der Waals surface area contributed by atoms with Crippen molar-refractivity contribution in [3.63, 3.8) is 0 Å². The van der Waals surface area contributed by atoms with Gasteiger partial charge in [-0.25, -0.2) is 4.79 Å². The number of nitrogens with zero attached hydrogens (tertiary/aromatic N) is 1. The fraction of sp³-hybridized carbons (Fsp3) is 0.333. The monoisotopic (exact) mass is 391 g/mol. The number of benzene rings is 1. The number of rotatable bonds is 6. The molecule has 3 nitrogen and oxygen atoms in total. The average Bonchev–Trinajstić information content (AvgIpc) is 3.42. The van der Waals surface area contributed by atoms with Gasteiger partial charge in [-0.1, -0.05) is 56.0 Å². The first-order chi connectivity index (χ1) is 13.8. The molecule has 3 aromatic rings. The lowest BCUT2D eigenvalue weighted by molar-refractivity contribution is 0.0607. The van der Waals surface area contributed by atoms with Crippen LogP contribution in [0.3, 0.4) is 0 Å². The molecule has 4 rings (SSSR count). The Morgan fingerprint density at radius 1 is 1.14 bits per heavy atom. The highest BCUT2D eigenvalue weighted by Gasteiger charge is 2.22. The van der Waals surface area contributed by atoms with E-state index in [2.05, 4.69) is 23.2 Å². The lowest BCUT2D eigenvalue weighted by Crippen LogP contribution is -2.02. The predicted octanol–water partition coefficient (Wildman–Crippen LogP) is 6.39. The van der Waals surface area contributed by atoms with Gasteiger partial charge in [-0.3, -0.25) is 4.98 Å². The van der Waals surface area contributed by atoms with Crippen molar-refractivity contribution >= 4 is 17.3 Å². The first kappa shape index (κ1) is 18.9. The molecule has 0 radical (unpaired) electrons.